The van der Waals surface area contributed by atoms with Crippen LogP contribution in [-0.4, -0.2) is 51.1 Å². The van der Waals surface area contributed by atoms with Crippen LogP contribution >= 0.6 is 0 Å². The highest BCUT2D eigenvalue weighted by Crippen LogP contribution is 2.34. The molecule has 2 amide bonds. The number of phenolic OH excluding ortho intramolecular Hbond substituents is 1. The zero-order valence-electron chi connectivity index (χ0n) is 19.0. The summed E-state index contributed by atoms with van der Waals surface area (Å²) in [6.07, 6.45) is 8.00. The normalized spacial score (nSPS) is 17.3. The van der Waals surface area contributed by atoms with Crippen LogP contribution in [0.15, 0.2) is 30.3 Å². The topological polar surface area (TPSA) is 121 Å². The largest absolute Gasteiger partial charge is 0.507 e. The number of anilines is 1. The van der Waals surface area contributed by atoms with Gasteiger partial charge < -0.3 is 21.1 Å². The van der Waals surface area contributed by atoms with Gasteiger partial charge in [0.05, 0.1) is 5.69 Å². The van der Waals surface area contributed by atoms with Crippen molar-refractivity contribution in [2.24, 2.45) is 11.7 Å². The van der Waals surface area contributed by atoms with E-state index in [4.69, 9.17) is 5.73 Å². The first-order valence-corrected chi connectivity index (χ1v) is 12.0. The van der Waals surface area contributed by atoms with E-state index < -0.39 is 0 Å². The Hall–Kier alpha value is -3.16. The molecule has 1 aromatic carbocycles. The smallest absolute Gasteiger partial charge is 0.222 e. The number of hydrogen-bond donors (Lipinski definition) is 3. The number of nitrogens with zero attached hydrogens (tertiary/aromatic N) is 3. The van der Waals surface area contributed by atoms with E-state index >= 15 is 0 Å². The number of aromatic hydroxyl groups is 1. The molecular formula is C25H33N5O3. The maximum atomic E-state index is 12.5. The molecule has 1 unspecified atom stereocenters. The minimum atomic E-state index is -0.227. The van der Waals surface area contributed by atoms with Gasteiger partial charge in [0.1, 0.15) is 5.75 Å². The Kier molecular flexibility index (Phi) is 7.42. The van der Waals surface area contributed by atoms with Crippen LogP contribution in [0.1, 0.15) is 56.9 Å². The van der Waals surface area contributed by atoms with E-state index in [1.807, 2.05) is 23.1 Å². The predicted molar refractivity (Wildman–Crippen MR) is 126 cm³/mol. The number of benzene rings is 1. The molecular weight excluding hydrogens is 418 g/mol. The van der Waals surface area contributed by atoms with Gasteiger partial charge in [-0.15, -0.1) is 10.2 Å². The van der Waals surface area contributed by atoms with E-state index in [0.29, 0.717) is 30.0 Å². The summed E-state index contributed by atoms with van der Waals surface area (Å²) in [4.78, 5) is 25.1. The van der Waals surface area contributed by atoms with Crippen molar-refractivity contribution in [2.45, 2.75) is 63.8 Å². The van der Waals surface area contributed by atoms with E-state index in [2.05, 4.69) is 15.5 Å². The zero-order valence-corrected chi connectivity index (χ0v) is 19.0. The lowest BCUT2D eigenvalue weighted by atomic mass is 9.89. The summed E-state index contributed by atoms with van der Waals surface area (Å²) < 4.78 is 0. The molecule has 2 aliphatic heterocycles. The Morgan fingerprint density at radius 1 is 1.03 bits per heavy atom. The summed E-state index contributed by atoms with van der Waals surface area (Å²) in [7, 11) is 0. The zero-order chi connectivity index (χ0) is 23.2. The molecule has 0 aliphatic carbocycles. The van der Waals surface area contributed by atoms with Gasteiger partial charge in [-0.25, -0.2) is 0 Å². The average molecular weight is 452 g/mol. The van der Waals surface area contributed by atoms with E-state index in [1.165, 1.54) is 0 Å². The molecule has 4 rings (SSSR count). The third-order valence-electron chi connectivity index (χ3n) is 6.71. The monoisotopic (exact) mass is 451 g/mol. The first-order valence-electron chi connectivity index (χ1n) is 12.0. The van der Waals surface area contributed by atoms with Crippen molar-refractivity contribution in [2.75, 3.05) is 18.4 Å². The minimum Gasteiger partial charge on any atom is -0.507 e. The van der Waals surface area contributed by atoms with Crippen molar-refractivity contribution in [3.05, 3.63) is 35.9 Å². The molecule has 1 fully saturated rings. The van der Waals surface area contributed by atoms with Crippen LogP contribution in [0.25, 0.3) is 11.3 Å². The van der Waals surface area contributed by atoms with Crippen LogP contribution in [0.3, 0.4) is 0 Å². The molecule has 4 N–H and O–H groups in total. The van der Waals surface area contributed by atoms with Crippen LogP contribution in [0.4, 0.5) is 5.82 Å². The van der Waals surface area contributed by atoms with Gasteiger partial charge in [-0.3, -0.25) is 9.59 Å². The summed E-state index contributed by atoms with van der Waals surface area (Å²) in [5.74, 6) is 1.44. The van der Waals surface area contributed by atoms with Gasteiger partial charge >= 0.3 is 0 Å². The molecule has 2 aromatic rings. The average Bonchev–Trinajstić information content (AvgIpc) is 3.17. The van der Waals surface area contributed by atoms with E-state index in [1.54, 1.807) is 12.1 Å². The summed E-state index contributed by atoms with van der Waals surface area (Å²) >= 11 is 0. The molecule has 176 valence electrons. The van der Waals surface area contributed by atoms with Gasteiger partial charge in [-0.05, 0) is 37.5 Å². The molecule has 2 aliphatic rings. The number of unbranched alkanes of at least 4 members (excludes halogenated alkanes) is 5. The number of rotatable bonds is 11. The highest BCUT2D eigenvalue weighted by atomic mass is 16.3. The van der Waals surface area contributed by atoms with Crippen LogP contribution in [0.5, 0.6) is 5.75 Å². The number of aromatic nitrogens is 2. The van der Waals surface area contributed by atoms with Crippen molar-refractivity contribution in [3.8, 4) is 17.0 Å². The maximum absolute atomic E-state index is 12.5. The van der Waals surface area contributed by atoms with Gasteiger partial charge in [-0.1, -0.05) is 37.8 Å². The molecule has 8 nitrogen and oxygen atoms in total. The molecule has 1 atom stereocenters. The van der Waals surface area contributed by atoms with Crippen LogP contribution < -0.4 is 11.1 Å². The summed E-state index contributed by atoms with van der Waals surface area (Å²) in [5.41, 5.74) is 7.60. The van der Waals surface area contributed by atoms with Crippen molar-refractivity contribution in [1.82, 2.24) is 15.1 Å². The lowest BCUT2D eigenvalue weighted by molar-refractivity contribution is -0.138. The van der Waals surface area contributed by atoms with Crippen molar-refractivity contribution in [1.29, 1.82) is 0 Å². The first kappa shape index (κ1) is 23.0. The summed E-state index contributed by atoms with van der Waals surface area (Å²) in [6, 6.07) is 9.41. The molecule has 33 heavy (non-hydrogen) atoms. The Labute approximate surface area is 194 Å². The van der Waals surface area contributed by atoms with Gasteiger partial charge in [-0.2, -0.15) is 0 Å². The molecule has 1 aromatic heterocycles. The number of likely N-dealkylation sites (tertiary alicyclic amines) is 1. The Morgan fingerprint density at radius 2 is 1.73 bits per heavy atom. The Morgan fingerprint density at radius 3 is 2.45 bits per heavy atom. The molecule has 8 heteroatoms. The maximum Gasteiger partial charge on any atom is 0.222 e. The number of primary amides is 1. The number of para-hydroxylation sites is 1. The van der Waals surface area contributed by atoms with E-state index in [9.17, 15) is 14.7 Å². The predicted octanol–water partition coefficient (Wildman–Crippen LogP) is 3.25. The Bertz CT molecular complexity index is 990. The van der Waals surface area contributed by atoms with Crippen molar-refractivity contribution < 1.29 is 14.7 Å². The second-order valence-electron chi connectivity index (χ2n) is 9.22. The highest BCUT2D eigenvalue weighted by Gasteiger charge is 2.39. The quantitative estimate of drug-likeness (QED) is 0.451. The number of phenols is 1. The SMILES string of the molecule is NC(=O)CCCCCCCCC(=O)N1CC(C2Cc3cc(-c4ccccc4O)nnc3N2)C1. The number of nitrogens with one attached hydrogen (secondary N) is 1. The number of nitrogens with two attached hydrogens (primary N) is 1. The summed E-state index contributed by atoms with van der Waals surface area (Å²) in [6.45, 7) is 1.58. The van der Waals surface area contributed by atoms with Gasteiger partial charge in [0, 0.05) is 49.0 Å². The second-order valence-corrected chi connectivity index (χ2v) is 9.22. The number of carbonyl (C=O) groups excluding carboxylic acids is 2. The first-order chi connectivity index (χ1) is 16.0. The lowest BCUT2D eigenvalue weighted by Crippen LogP contribution is -2.55. The molecule has 0 radical (unpaired) electrons. The van der Waals surface area contributed by atoms with Crippen LogP contribution in [-0.2, 0) is 16.0 Å². The summed E-state index contributed by atoms with van der Waals surface area (Å²) in [5, 5.41) is 22.2. The van der Waals surface area contributed by atoms with Crippen LogP contribution in [0, 0.1) is 5.92 Å². The second kappa shape index (κ2) is 10.6. The Balaban J connectivity index is 1.16. The minimum absolute atomic E-state index is 0.200. The fraction of sp³-hybridized carbons (Fsp3) is 0.520. The standard InChI is InChI=1S/C25H33N5O3/c26-23(32)11-5-3-1-2-4-6-12-24(33)30-15-18(16-30)20-13-17-14-21(28-29-25(17)27-20)19-9-7-8-10-22(19)31/h7-10,14,18,20,31H,1-6,11-13,15-16H2,(H2,26,32)(H,27,29). The molecule has 1 saturated heterocycles. The van der Waals surface area contributed by atoms with Gasteiger partial charge in [0.2, 0.25) is 11.8 Å². The number of fused-ring (bicyclic) bond motifs is 1. The third kappa shape index (κ3) is 5.80. The number of carbonyl (C=O) groups is 2. The lowest BCUT2D eigenvalue weighted by Gasteiger charge is -2.42. The highest BCUT2D eigenvalue weighted by molar-refractivity contribution is 5.77. The fourth-order valence-corrected chi connectivity index (χ4v) is 4.69. The van der Waals surface area contributed by atoms with Gasteiger partial charge in [0.15, 0.2) is 5.82 Å². The molecule has 0 bridgehead atoms. The van der Waals surface area contributed by atoms with E-state index in [0.717, 1.165) is 69.4 Å². The number of hydrogen-bond acceptors (Lipinski definition) is 6. The van der Waals surface area contributed by atoms with Gasteiger partial charge in [0.25, 0.3) is 0 Å². The molecule has 3 heterocycles. The van der Waals surface area contributed by atoms with Crippen molar-refractivity contribution in [3.63, 3.8) is 0 Å². The number of amides is 2. The van der Waals surface area contributed by atoms with Crippen LogP contribution in [0.2, 0.25) is 0 Å². The fourth-order valence-electron chi connectivity index (χ4n) is 4.69. The van der Waals surface area contributed by atoms with Crippen molar-refractivity contribution >= 4 is 17.6 Å². The molecule has 0 spiro atoms. The molecule has 0 saturated carbocycles. The third-order valence-corrected chi connectivity index (χ3v) is 6.71. The van der Waals surface area contributed by atoms with E-state index in [-0.39, 0.29) is 23.6 Å².